The lowest BCUT2D eigenvalue weighted by Gasteiger charge is -2.31. The van der Waals surface area contributed by atoms with Crippen molar-refractivity contribution in [2.45, 2.75) is 52.5 Å². The Morgan fingerprint density at radius 1 is 1.24 bits per heavy atom. The Balaban J connectivity index is 4.52. The van der Waals surface area contributed by atoms with Crippen LogP contribution in [0.2, 0.25) is 0 Å². The highest BCUT2D eigenvalue weighted by Crippen LogP contribution is 2.14. The maximum Gasteiger partial charge on any atom is 0.223 e. The van der Waals surface area contributed by atoms with Gasteiger partial charge >= 0.3 is 0 Å². The van der Waals surface area contributed by atoms with Gasteiger partial charge in [0.1, 0.15) is 0 Å². The van der Waals surface area contributed by atoms with Crippen molar-refractivity contribution in [3.05, 3.63) is 0 Å². The number of hydrogen-bond donors (Lipinski definition) is 2. The SMILES string of the molecule is CCC(CN)CC(=O)N(CCO)C(CC)CC. The quantitative estimate of drug-likeness (QED) is 0.644. The van der Waals surface area contributed by atoms with Crippen LogP contribution >= 0.6 is 0 Å². The fraction of sp³-hybridized carbons (Fsp3) is 0.923. The Morgan fingerprint density at radius 3 is 2.18 bits per heavy atom. The summed E-state index contributed by atoms with van der Waals surface area (Å²) in [7, 11) is 0. The van der Waals surface area contributed by atoms with Gasteiger partial charge in [0, 0.05) is 19.0 Å². The molecule has 1 unspecified atom stereocenters. The average Bonchev–Trinajstić information content (AvgIpc) is 2.35. The summed E-state index contributed by atoms with van der Waals surface area (Å²) in [5.74, 6) is 0.392. The molecule has 0 bridgehead atoms. The molecule has 3 N–H and O–H groups in total. The minimum Gasteiger partial charge on any atom is -0.395 e. The number of rotatable bonds is 9. The van der Waals surface area contributed by atoms with Crippen molar-refractivity contribution in [2.75, 3.05) is 19.7 Å². The highest BCUT2D eigenvalue weighted by molar-refractivity contribution is 5.76. The molecule has 1 atom stereocenters. The number of aliphatic hydroxyl groups is 1. The van der Waals surface area contributed by atoms with Crippen LogP contribution in [-0.4, -0.2) is 41.7 Å². The Labute approximate surface area is 105 Å². The number of carbonyl (C=O) groups is 1. The Hall–Kier alpha value is -0.610. The van der Waals surface area contributed by atoms with Gasteiger partial charge in [0.05, 0.1) is 6.61 Å². The molecule has 0 rings (SSSR count). The maximum absolute atomic E-state index is 12.2. The first-order chi connectivity index (χ1) is 8.14. The van der Waals surface area contributed by atoms with Crippen molar-refractivity contribution in [3.63, 3.8) is 0 Å². The number of hydrogen-bond acceptors (Lipinski definition) is 3. The standard InChI is InChI=1S/C13H28N2O2/c1-4-11(10-14)9-13(17)15(7-8-16)12(5-2)6-3/h11-12,16H,4-10,14H2,1-3H3. The van der Waals surface area contributed by atoms with E-state index in [9.17, 15) is 4.79 Å². The molecule has 0 saturated heterocycles. The van der Waals surface area contributed by atoms with Crippen LogP contribution in [0.4, 0.5) is 0 Å². The highest BCUT2D eigenvalue weighted by atomic mass is 16.3. The van der Waals surface area contributed by atoms with Gasteiger partial charge in [-0.15, -0.1) is 0 Å². The molecular weight excluding hydrogens is 216 g/mol. The first-order valence-electron chi connectivity index (χ1n) is 6.74. The van der Waals surface area contributed by atoms with Crippen molar-refractivity contribution >= 4 is 5.91 Å². The van der Waals surface area contributed by atoms with Crippen LogP contribution in [-0.2, 0) is 4.79 Å². The molecule has 0 aromatic rings. The summed E-state index contributed by atoms with van der Waals surface area (Å²) in [6, 6.07) is 0.241. The van der Waals surface area contributed by atoms with E-state index in [1.165, 1.54) is 0 Å². The Morgan fingerprint density at radius 2 is 1.82 bits per heavy atom. The molecule has 102 valence electrons. The molecule has 0 aromatic heterocycles. The lowest BCUT2D eigenvalue weighted by Crippen LogP contribution is -2.42. The van der Waals surface area contributed by atoms with Crippen molar-refractivity contribution < 1.29 is 9.90 Å². The third kappa shape index (κ3) is 5.50. The number of aliphatic hydroxyl groups excluding tert-OH is 1. The fourth-order valence-corrected chi connectivity index (χ4v) is 2.11. The summed E-state index contributed by atoms with van der Waals surface area (Å²) in [4.78, 5) is 14.0. The molecule has 4 nitrogen and oxygen atoms in total. The van der Waals surface area contributed by atoms with Crippen molar-refractivity contribution in [1.82, 2.24) is 4.90 Å². The molecule has 17 heavy (non-hydrogen) atoms. The van der Waals surface area contributed by atoms with Crippen LogP contribution < -0.4 is 5.73 Å². The van der Waals surface area contributed by atoms with Crippen LogP contribution in [0.25, 0.3) is 0 Å². The Bertz CT molecular complexity index is 202. The number of amides is 1. The topological polar surface area (TPSA) is 66.6 Å². The zero-order valence-electron chi connectivity index (χ0n) is 11.5. The van der Waals surface area contributed by atoms with Gasteiger partial charge in [-0.2, -0.15) is 0 Å². The number of nitrogens with zero attached hydrogens (tertiary/aromatic N) is 1. The van der Waals surface area contributed by atoms with Crippen molar-refractivity contribution in [1.29, 1.82) is 0 Å². The summed E-state index contributed by atoms with van der Waals surface area (Å²) in [6.45, 7) is 7.22. The zero-order valence-corrected chi connectivity index (χ0v) is 11.5. The maximum atomic E-state index is 12.2. The van der Waals surface area contributed by atoms with Crippen LogP contribution in [0.15, 0.2) is 0 Å². The van der Waals surface area contributed by atoms with Gasteiger partial charge in [-0.05, 0) is 25.3 Å². The van der Waals surface area contributed by atoms with Gasteiger partial charge in [0.2, 0.25) is 5.91 Å². The highest BCUT2D eigenvalue weighted by Gasteiger charge is 2.22. The van der Waals surface area contributed by atoms with E-state index >= 15 is 0 Å². The van der Waals surface area contributed by atoms with E-state index in [-0.39, 0.29) is 24.5 Å². The monoisotopic (exact) mass is 244 g/mol. The third-order valence-electron chi connectivity index (χ3n) is 3.42. The van der Waals surface area contributed by atoms with Crippen LogP contribution in [0.3, 0.4) is 0 Å². The second-order valence-corrected chi connectivity index (χ2v) is 4.50. The molecule has 0 radical (unpaired) electrons. The second kappa shape index (κ2) is 9.42. The molecule has 0 spiro atoms. The van der Waals surface area contributed by atoms with E-state index in [1.807, 2.05) is 4.90 Å². The van der Waals surface area contributed by atoms with E-state index in [0.29, 0.717) is 19.5 Å². The van der Waals surface area contributed by atoms with E-state index < -0.39 is 0 Å². The molecule has 0 aliphatic heterocycles. The van der Waals surface area contributed by atoms with Gasteiger partial charge in [0.25, 0.3) is 0 Å². The summed E-state index contributed by atoms with van der Waals surface area (Å²) in [5.41, 5.74) is 5.63. The molecule has 0 aliphatic carbocycles. The molecule has 0 heterocycles. The molecule has 0 fully saturated rings. The normalized spacial score (nSPS) is 12.8. The lowest BCUT2D eigenvalue weighted by molar-refractivity contribution is -0.135. The minimum atomic E-state index is 0.0294. The largest absolute Gasteiger partial charge is 0.395 e. The van der Waals surface area contributed by atoms with E-state index in [1.54, 1.807) is 0 Å². The molecule has 0 aliphatic rings. The van der Waals surface area contributed by atoms with Gasteiger partial charge in [-0.25, -0.2) is 0 Å². The average molecular weight is 244 g/mol. The van der Waals surface area contributed by atoms with Gasteiger partial charge in [0.15, 0.2) is 0 Å². The summed E-state index contributed by atoms with van der Waals surface area (Å²) >= 11 is 0. The molecule has 4 heteroatoms. The van der Waals surface area contributed by atoms with Crippen LogP contribution in [0.1, 0.15) is 46.5 Å². The van der Waals surface area contributed by atoms with E-state index in [2.05, 4.69) is 20.8 Å². The molecule has 0 aromatic carbocycles. The van der Waals surface area contributed by atoms with Crippen molar-refractivity contribution in [3.8, 4) is 0 Å². The number of carbonyl (C=O) groups excluding carboxylic acids is 1. The number of nitrogens with two attached hydrogens (primary N) is 1. The summed E-state index contributed by atoms with van der Waals surface area (Å²) < 4.78 is 0. The van der Waals surface area contributed by atoms with E-state index in [0.717, 1.165) is 19.3 Å². The smallest absolute Gasteiger partial charge is 0.223 e. The minimum absolute atomic E-state index is 0.0294. The predicted molar refractivity (Wildman–Crippen MR) is 70.6 cm³/mol. The van der Waals surface area contributed by atoms with Gasteiger partial charge < -0.3 is 15.7 Å². The summed E-state index contributed by atoms with van der Waals surface area (Å²) in [6.07, 6.45) is 3.30. The van der Waals surface area contributed by atoms with Crippen LogP contribution in [0.5, 0.6) is 0 Å². The van der Waals surface area contributed by atoms with Crippen molar-refractivity contribution in [2.24, 2.45) is 11.7 Å². The molecule has 0 saturated carbocycles. The summed E-state index contributed by atoms with van der Waals surface area (Å²) in [5, 5.41) is 9.06. The molecule has 1 amide bonds. The zero-order chi connectivity index (χ0) is 13.3. The van der Waals surface area contributed by atoms with Gasteiger partial charge in [-0.3, -0.25) is 4.79 Å². The second-order valence-electron chi connectivity index (χ2n) is 4.50. The third-order valence-corrected chi connectivity index (χ3v) is 3.42. The first-order valence-corrected chi connectivity index (χ1v) is 6.74. The van der Waals surface area contributed by atoms with E-state index in [4.69, 9.17) is 10.8 Å². The lowest BCUT2D eigenvalue weighted by atomic mass is 10.0. The van der Waals surface area contributed by atoms with Gasteiger partial charge in [-0.1, -0.05) is 27.2 Å². The molecular formula is C13H28N2O2. The fourth-order valence-electron chi connectivity index (χ4n) is 2.11. The van der Waals surface area contributed by atoms with Crippen LogP contribution in [0, 0.1) is 5.92 Å². The predicted octanol–water partition coefficient (Wildman–Crippen LogP) is 1.37. The first kappa shape index (κ1) is 16.4. The Kier molecular flexibility index (Phi) is 9.09.